The third kappa shape index (κ3) is 2.89. The smallest absolute Gasteiger partial charge is 0.130 e. The van der Waals surface area contributed by atoms with Crippen LogP contribution in [-0.2, 0) is 4.74 Å². The van der Waals surface area contributed by atoms with Crippen molar-refractivity contribution in [2.24, 2.45) is 0 Å². The summed E-state index contributed by atoms with van der Waals surface area (Å²) in [6.07, 6.45) is 0. The number of ether oxygens (including phenoxy) is 2. The number of methoxy groups -OCH3 is 1. The van der Waals surface area contributed by atoms with Gasteiger partial charge in [-0.15, -0.1) is 0 Å². The molecule has 2 rings (SSSR count). The summed E-state index contributed by atoms with van der Waals surface area (Å²) < 4.78 is 10.6. The van der Waals surface area contributed by atoms with Crippen LogP contribution in [0.4, 0.5) is 0 Å². The highest BCUT2D eigenvalue weighted by Crippen LogP contribution is 2.25. The van der Waals surface area contributed by atoms with Crippen molar-refractivity contribution in [2.75, 3.05) is 33.4 Å². The van der Waals surface area contributed by atoms with Crippen molar-refractivity contribution in [3.05, 3.63) is 28.8 Å². The third-order valence-electron chi connectivity index (χ3n) is 2.69. The van der Waals surface area contributed by atoms with Gasteiger partial charge in [-0.05, 0) is 18.2 Å². The lowest BCUT2D eigenvalue weighted by molar-refractivity contribution is 0.0692. The molecule has 0 amide bonds. The highest BCUT2D eigenvalue weighted by atomic mass is 35.5. The van der Waals surface area contributed by atoms with E-state index in [4.69, 9.17) is 33.3 Å². The zero-order chi connectivity index (χ0) is 12.3. The minimum atomic E-state index is 0.648. The average Bonchev–Trinajstić information content (AvgIpc) is 2.39. The fourth-order valence-electron chi connectivity index (χ4n) is 1.78. The molecule has 0 aromatic heterocycles. The van der Waals surface area contributed by atoms with E-state index in [1.165, 1.54) is 0 Å². The van der Waals surface area contributed by atoms with Crippen molar-refractivity contribution >= 4 is 28.8 Å². The van der Waals surface area contributed by atoms with Crippen LogP contribution in [0.3, 0.4) is 0 Å². The van der Waals surface area contributed by atoms with E-state index in [0.717, 1.165) is 36.9 Å². The first kappa shape index (κ1) is 12.6. The van der Waals surface area contributed by atoms with E-state index in [-0.39, 0.29) is 0 Å². The van der Waals surface area contributed by atoms with Crippen LogP contribution in [0, 0.1) is 0 Å². The molecule has 3 nitrogen and oxygen atoms in total. The molecule has 1 saturated heterocycles. The van der Waals surface area contributed by atoms with Gasteiger partial charge in [-0.1, -0.05) is 23.8 Å². The summed E-state index contributed by atoms with van der Waals surface area (Å²) in [6.45, 7) is 3.08. The number of benzene rings is 1. The lowest BCUT2D eigenvalue weighted by Gasteiger charge is -2.29. The van der Waals surface area contributed by atoms with Crippen LogP contribution in [0.5, 0.6) is 5.75 Å². The molecule has 0 bridgehead atoms. The van der Waals surface area contributed by atoms with Gasteiger partial charge in [-0.25, -0.2) is 0 Å². The molecule has 0 atom stereocenters. The molecular formula is C12H14ClNO2S. The van der Waals surface area contributed by atoms with E-state index in [1.54, 1.807) is 13.2 Å². The van der Waals surface area contributed by atoms with Gasteiger partial charge in [0.1, 0.15) is 10.7 Å². The van der Waals surface area contributed by atoms with Gasteiger partial charge in [0.2, 0.25) is 0 Å². The van der Waals surface area contributed by atoms with Gasteiger partial charge in [0.15, 0.2) is 0 Å². The van der Waals surface area contributed by atoms with Gasteiger partial charge in [0.25, 0.3) is 0 Å². The monoisotopic (exact) mass is 271 g/mol. The Bertz CT molecular complexity index is 419. The summed E-state index contributed by atoms with van der Waals surface area (Å²) in [6, 6.07) is 5.51. The second-order valence-corrected chi connectivity index (χ2v) is 4.57. The Balaban J connectivity index is 2.23. The number of thiocarbonyl (C=S) groups is 1. The molecule has 1 fully saturated rings. The Labute approximate surface area is 111 Å². The molecule has 0 N–H and O–H groups in total. The molecule has 1 aliphatic rings. The molecule has 17 heavy (non-hydrogen) atoms. The van der Waals surface area contributed by atoms with E-state index in [1.807, 2.05) is 12.1 Å². The van der Waals surface area contributed by atoms with Crippen LogP contribution in [0.1, 0.15) is 5.56 Å². The number of rotatable bonds is 2. The maximum absolute atomic E-state index is 5.93. The summed E-state index contributed by atoms with van der Waals surface area (Å²) >= 11 is 11.4. The molecular weight excluding hydrogens is 258 g/mol. The fourth-order valence-corrected chi connectivity index (χ4v) is 2.29. The highest BCUT2D eigenvalue weighted by Gasteiger charge is 2.18. The Hall–Kier alpha value is -0.840. The van der Waals surface area contributed by atoms with Crippen molar-refractivity contribution in [3.63, 3.8) is 0 Å². The second kappa shape index (κ2) is 5.67. The standard InChI is InChI=1S/C12H14ClNO2S/c1-15-11-8-9(13)2-3-10(11)12(17)14-4-6-16-7-5-14/h2-3,8H,4-7H2,1H3. The molecule has 1 aromatic carbocycles. The minimum Gasteiger partial charge on any atom is -0.496 e. The summed E-state index contributed by atoms with van der Waals surface area (Å²) in [5.74, 6) is 0.717. The van der Waals surface area contributed by atoms with Crippen molar-refractivity contribution < 1.29 is 9.47 Å². The van der Waals surface area contributed by atoms with Crippen LogP contribution in [0.15, 0.2) is 18.2 Å². The summed E-state index contributed by atoms with van der Waals surface area (Å²) in [5, 5.41) is 0.648. The van der Waals surface area contributed by atoms with Gasteiger partial charge < -0.3 is 14.4 Å². The number of halogens is 1. The number of hydrogen-bond acceptors (Lipinski definition) is 3. The first-order valence-electron chi connectivity index (χ1n) is 5.43. The minimum absolute atomic E-state index is 0.648. The van der Waals surface area contributed by atoms with E-state index in [9.17, 15) is 0 Å². The largest absolute Gasteiger partial charge is 0.496 e. The quantitative estimate of drug-likeness (QED) is 0.770. The van der Waals surface area contributed by atoms with Gasteiger partial charge in [0.05, 0.1) is 25.9 Å². The van der Waals surface area contributed by atoms with Gasteiger partial charge in [-0.2, -0.15) is 0 Å². The zero-order valence-electron chi connectivity index (χ0n) is 9.61. The van der Waals surface area contributed by atoms with E-state index < -0.39 is 0 Å². The predicted octanol–water partition coefficient (Wildman–Crippen LogP) is 2.36. The molecule has 5 heteroatoms. The van der Waals surface area contributed by atoms with Gasteiger partial charge >= 0.3 is 0 Å². The first-order chi connectivity index (χ1) is 8.22. The molecule has 1 heterocycles. The topological polar surface area (TPSA) is 21.7 Å². The Morgan fingerprint density at radius 3 is 2.76 bits per heavy atom. The Morgan fingerprint density at radius 2 is 2.12 bits per heavy atom. The van der Waals surface area contributed by atoms with Crippen molar-refractivity contribution in [3.8, 4) is 5.75 Å². The molecule has 0 unspecified atom stereocenters. The summed E-state index contributed by atoms with van der Waals surface area (Å²) in [7, 11) is 1.62. The van der Waals surface area contributed by atoms with E-state index >= 15 is 0 Å². The van der Waals surface area contributed by atoms with Gasteiger partial charge in [-0.3, -0.25) is 0 Å². The molecule has 0 saturated carbocycles. The Morgan fingerprint density at radius 1 is 1.41 bits per heavy atom. The molecule has 1 aromatic rings. The molecule has 92 valence electrons. The van der Waals surface area contributed by atoms with Crippen molar-refractivity contribution in [2.45, 2.75) is 0 Å². The van der Waals surface area contributed by atoms with Crippen LogP contribution in [0.25, 0.3) is 0 Å². The van der Waals surface area contributed by atoms with Crippen molar-refractivity contribution in [1.82, 2.24) is 4.90 Å². The van der Waals surface area contributed by atoms with Crippen molar-refractivity contribution in [1.29, 1.82) is 0 Å². The lowest BCUT2D eigenvalue weighted by Crippen LogP contribution is -2.40. The highest BCUT2D eigenvalue weighted by molar-refractivity contribution is 7.80. The first-order valence-corrected chi connectivity index (χ1v) is 6.21. The van der Waals surface area contributed by atoms with Gasteiger partial charge in [0, 0.05) is 18.1 Å². The predicted molar refractivity (Wildman–Crippen MR) is 72.1 cm³/mol. The number of hydrogen-bond donors (Lipinski definition) is 0. The van der Waals surface area contributed by atoms with Crippen LogP contribution >= 0.6 is 23.8 Å². The molecule has 0 radical (unpaired) electrons. The SMILES string of the molecule is COc1cc(Cl)ccc1C(=S)N1CCOCC1. The average molecular weight is 272 g/mol. The molecule has 1 aliphatic heterocycles. The molecule has 0 aliphatic carbocycles. The zero-order valence-corrected chi connectivity index (χ0v) is 11.2. The van der Waals surface area contributed by atoms with Crippen LogP contribution < -0.4 is 4.74 Å². The fraction of sp³-hybridized carbons (Fsp3) is 0.417. The summed E-state index contributed by atoms with van der Waals surface area (Å²) in [4.78, 5) is 2.92. The maximum atomic E-state index is 5.93. The normalized spacial score (nSPS) is 15.8. The summed E-state index contributed by atoms with van der Waals surface area (Å²) in [5.41, 5.74) is 0.911. The van der Waals surface area contributed by atoms with Crippen LogP contribution in [0.2, 0.25) is 5.02 Å². The van der Waals surface area contributed by atoms with E-state index in [0.29, 0.717) is 10.8 Å². The van der Waals surface area contributed by atoms with E-state index in [2.05, 4.69) is 4.90 Å². The number of morpholine rings is 1. The molecule has 0 spiro atoms. The third-order valence-corrected chi connectivity index (χ3v) is 3.41. The lowest BCUT2D eigenvalue weighted by atomic mass is 10.2. The van der Waals surface area contributed by atoms with Crippen LogP contribution in [-0.4, -0.2) is 43.3 Å². The Kier molecular flexibility index (Phi) is 4.20. The number of nitrogens with zero attached hydrogens (tertiary/aromatic N) is 1. The second-order valence-electron chi connectivity index (χ2n) is 3.75. The maximum Gasteiger partial charge on any atom is 0.130 e.